The van der Waals surface area contributed by atoms with Crippen molar-refractivity contribution in [2.45, 2.75) is 6.04 Å². The number of piperazine rings is 1. The van der Waals surface area contributed by atoms with Gasteiger partial charge < -0.3 is 25.5 Å². The number of aliphatic hydroxyl groups is 1. The summed E-state index contributed by atoms with van der Waals surface area (Å²) in [5.74, 6) is -0.232. The Morgan fingerprint density at radius 1 is 1.41 bits per heavy atom. The van der Waals surface area contributed by atoms with Crippen LogP contribution in [0.1, 0.15) is 0 Å². The summed E-state index contributed by atoms with van der Waals surface area (Å²) >= 11 is 0. The highest BCUT2D eigenvalue weighted by molar-refractivity contribution is 5.87. The largest absolute Gasteiger partial charge is 0.394 e. The maximum atomic E-state index is 12.0. The third-order valence-electron chi connectivity index (χ3n) is 2.61. The van der Waals surface area contributed by atoms with Crippen molar-refractivity contribution in [3.05, 3.63) is 0 Å². The van der Waals surface area contributed by atoms with Crippen LogP contribution < -0.4 is 10.6 Å². The topological polar surface area (TPSA) is 84.9 Å². The highest BCUT2D eigenvalue weighted by Gasteiger charge is 2.26. The molecule has 1 fully saturated rings. The molecule has 1 aliphatic rings. The zero-order chi connectivity index (χ0) is 12.8. The third-order valence-corrected chi connectivity index (χ3v) is 2.61. The van der Waals surface area contributed by atoms with Crippen LogP contribution in [0.15, 0.2) is 0 Å². The minimum Gasteiger partial charge on any atom is -0.394 e. The van der Waals surface area contributed by atoms with Gasteiger partial charge >= 0.3 is 6.03 Å². The second-order valence-electron chi connectivity index (χ2n) is 4.15. The Bertz CT molecular complexity index is 277. The van der Waals surface area contributed by atoms with Gasteiger partial charge in [0.05, 0.1) is 6.61 Å². The Kier molecular flexibility index (Phi) is 5.17. The molecule has 1 rings (SSSR count). The molecule has 17 heavy (non-hydrogen) atoms. The molecule has 1 atom stereocenters. The molecule has 1 aliphatic heterocycles. The summed E-state index contributed by atoms with van der Waals surface area (Å²) in [6, 6.07) is -1.24. The van der Waals surface area contributed by atoms with Crippen LogP contribution in [0.25, 0.3) is 0 Å². The van der Waals surface area contributed by atoms with Crippen LogP contribution in [0.5, 0.6) is 0 Å². The number of nitrogens with zero attached hydrogens (tertiary/aromatic N) is 2. The summed E-state index contributed by atoms with van der Waals surface area (Å²) < 4.78 is 0. The molecule has 3 N–H and O–H groups in total. The van der Waals surface area contributed by atoms with Crippen molar-refractivity contribution in [3.8, 4) is 0 Å². The average Bonchev–Trinajstić information content (AvgIpc) is 2.35. The molecule has 0 spiro atoms. The van der Waals surface area contributed by atoms with Crippen LogP contribution in [-0.2, 0) is 4.79 Å². The Hall–Kier alpha value is -1.34. The quantitative estimate of drug-likeness (QED) is 0.539. The number of carbonyl (C=O) groups is 2. The van der Waals surface area contributed by atoms with Gasteiger partial charge in [-0.05, 0) is 0 Å². The van der Waals surface area contributed by atoms with E-state index >= 15 is 0 Å². The maximum Gasteiger partial charge on any atom is 0.317 e. The van der Waals surface area contributed by atoms with E-state index in [0.29, 0.717) is 13.1 Å². The van der Waals surface area contributed by atoms with Gasteiger partial charge in [-0.2, -0.15) is 0 Å². The van der Waals surface area contributed by atoms with Crippen molar-refractivity contribution < 1.29 is 14.7 Å². The number of hydrogen-bond acceptors (Lipinski definition) is 4. The van der Waals surface area contributed by atoms with Crippen molar-refractivity contribution in [1.82, 2.24) is 20.4 Å². The molecule has 1 heterocycles. The first-order valence-corrected chi connectivity index (χ1v) is 5.64. The van der Waals surface area contributed by atoms with E-state index in [1.54, 1.807) is 19.0 Å². The monoisotopic (exact) mass is 244 g/mol. The first-order chi connectivity index (χ1) is 8.06. The molecule has 0 radical (unpaired) electrons. The van der Waals surface area contributed by atoms with Gasteiger partial charge in [0.15, 0.2) is 0 Å². The van der Waals surface area contributed by atoms with Crippen LogP contribution in [-0.4, -0.2) is 79.8 Å². The predicted molar refractivity (Wildman–Crippen MR) is 62.5 cm³/mol. The minimum atomic E-state index is -0.858. The van der Waals surface area contributed by atoms with Crippen LogP contribution in [0.2, 0.25) is 0 Å². The molecule has 0 bridgehead atoms. The zero-order valence-electron chi connectivity index (χ0n) is 10.3. The average molecular weight is 244 g/mol. The summed E-state index contributed by atoms with van der Waals surface area (Å²) in [5, 5.41) is 14.8. The minimum absolute atomic E-state index is 0.232. The molecule has 7 nitrogen and oxygen atoms in total. The Labute approximate surface area is 101 Å². The smallest absolute Gasteiger partial charge is 0.317 e. The standard InChI is InChI=1S/C10H20N4O3/c1-13(2)10(17)12-8(7-15)9(16)14-5-3-11-4-6-14/h8,11,15H,3-7H2,1-2H3,(H,12,17). The van der Waals surface area contributed by atoms with Gasteiger partial charge in [0.25, 0.3) is 0 Å². The summed E-state index contributed by atoms with van der Waals surface area (Å²) in [4.78, 5) is 26.4. The SMILES string of the molecule is CN(C)C(=O)NC(CO)C(=O)N1CCNCC1. The van der Waals surface area contributed by atoms with E-state index in [-0.39, 0.29) is 18.5 Å². The van der Waals surface area contributed by atoms with Crippen molar-refractivity contribution in [1.29, 1.82) is 0 Å². The highest BCUT2D eigenvalue weighted by atomic mass is 16.3. The number of urea groups is 1. The molecule has 98 valence electrons. The Morgan fingerprint density at radius 2 is 2.00 bits per heavy atom. The fourth-order valence-electron chi connectivity index (χ4n) is 1.57. The van der Waals surface area contributed by atoms with Crippen molar-refractivity contribution in [3.63, 3.8) is 0 Å². The fraction of sp³-hybridized carbons (Fsp3) is 0.800. The molecular formula is C10H20N4O3. The van der Waals surface area contributed by atoms with Gasteiger partial charge in [-0.3, -0.25) is 4.79 Å². The first-order valence-electron chi connectivity index (χ1n) is 5.64. The molecule has 0 aromatic heterocycles. The van der Waals surface area contributed by atoms with Crippen LogP contribution in [0.4, 0.5) is 4.79 Å². The van der Waals surface area contributed by atoms with E-state index in [4.69, 9.17) is 5.11 Å². The lowest BCUT2D eigenvalue weighted by Gasteiger charge is -2.30. The van der Waals surface area contributed by atoms with Crippen molar-refractivity contribution in [2.75, 3.05) is 46.9 Å². The first kappa shape index (κ1) is 13.7. The second-order valence-corrected chi connectivity index (χ2v) is 4.15. The maximum absolute atomic E-state index is 12.0. The molecule has 0 aliphatic carbocycles. The van der Waals surface area contributed by atoms with Crippen molar-refractivity contribution >= 4 is 11.9 Å². The molecule has 0 saturated carbocycles. The summed E-state index contributed by atoms with van der Waals surface area (Å²) in [7, 11) is 3.16. The van der Waals surface area contributed by atoms with Gasteiger partial charge in [-0.25, -0.2) is 4.79 Å². The normalized spacial score (nSPS) is 17.5. The van der Waals surface area contributed by atoms with E-state index in [0.717, 1.165) is 13.1 Å². The van der Waals surface area contributed by atoms with Gasteiger partial charge in [0.2, 0.25) is 5.91 Å². The summed E-state index contributed by atoms with van der Waals surface area (Å²) in [5.41, 5.74) is 0. The second kappa shape index (κ2) is 6.41. The lowest BCUT2D eigenvalue weighted by atomic mass is 10.2. The predicted octanol–water partition coefficient (Wildman–Crippen LogP) is -1.95. The van der Waals surface area contributed by atoms with Gasteiger partial charge in [0, 0.05) is 40.3 Å². The van der Waals surface area contributed by atoms with E-state index in [1.807, 2.05) is 0 Å². The molecule has 1 unspecified atom stereocenters. The van der Waals surface area contributed by atoms with Crippen molar-refractivity contribution in [2.24, 2.45) is 0 Å². The van der Waals surface area contributed by atoms with Crippen LogP contribution >= 0.6 is 0 Å². The lowest BCUT2D eigenvalue weighted by molar-refractivity contribution is -0.134. The molecule has 0 aromatic carbocycles. The number of nitrogens with one attached hydrogen (secondary N) is 2. The Balaban J connectivity index is 2.53. The number of rotatable bonds is 3. The number of aliphatic hydroxyl groups excluding tert-OH is 1. The van der Waals surface area contributed by atoms with Crippen LogP contribution in [0.3, 0.4) is 0 Å². The summed E-state index contributed by atoms with van der Waals surface area (Å²) in [6.45, 7) is 2.31. The van der Waals surface area contributed by atoms with E-state index in [2.05, 4.69) is 10.6 Å². The van der Waals surface area contributed by atoms with E-state index < -0.39 is 6.04 Å². The third kappa shape index (κ3) is 3.86. The molecular weight excluding hydrogens is 224 g/mol. The lowest BCUT2D eigenvalue weighted by Crippen LogP contribution is -2.56. The molecule has 7 heteroatoms. The molecule has 3 amide bonds. The molecule has 0 aromatic rings. The van der Waals surface area contributed by atoms with Gasteiger partial charge in [-0.1, -0.05) is 0 Å². The van der Waals surface area contributed by atoms with Gasteiger partial charge in [0.1, 0.15) is 6.04 Å². The highest BCUT2D eigenvalue weighted by Crippen LogP contribution is 1.98. The fourth-order valence-corrected chi connectivity index (χ4v) is 1.57. The number of amides is 3. The van der Waals surface area contributed by atoms with Crippen LogP contribution in [0, 0.1) is 0 Å². The van der Waals surface area contributed by atoms with E-state index in [1.165, 1.54) is 4.90 Å². The van der Waals surface area contributed by atoms with Gasteiger partial charge in [-0.15, -0.1) is 0 Å². The Morgan fingerprint density at radius 3 is 2.47 bits per heavy atom. The number of carbonyl (C=O) groups excluding carboxylic acids is 2. The van der Waals surface area contributed by atoms with E-state index in [9.17, 15) is 9.59 Å². The molecule has 1 saturated heterocycles. The summed E-state index contributed by atoms with van der Waals surface area (Å²) in [6.07, 6.45) is 0. The zero-order valence-corrected chi connectivity index (χ0v) is 10.3. The number of hydrogen-bond donors (Lipinski definition) is 3.